The maximum Gasteiger partial charge on any atom is 0.264 e. The Bertz CT molecular complexity index is 1420. The number of anilines is 2. The summed E-state index contributed by atoms with van der Waals surface area (Å²) < 4.78 is 29.8. The minimum Gasteiger partial charge on any atom is -0.310 e. The van der Waals surface area contributed by atoms with Crippen LogP contribution in [0.1, 0.15) is 46.9 Å². The van der Waals surface area contributed by atoms with Crippen LogP contribution in [0.5, 0.6) is 0 Å². The third-order valence-electron chi connectivity index (χ3n) is 6.32. The Balaban J connectivity index is 1.86. The molecule has 0 fully saturated rings. The number of fused-ring (bicyclic) bond motifs is 1. The molecule has 34 heavy (non-hydrogen) atoms. The van der Waals surface area contributed by atoms with Crippen LogP contribution < -0.4 is 9.62 Å². The van der Waals surface area contributed by atoms with E-state index in [4.69, 9.17) is 0 Å². The second-order valence-electron chi connectivity index (χ2n) is 8.60. The number of amides is 1. The fourth-order valence-corrected chi connectivity index (χ4v) is 5.51. The molecule has 0 saturated heterocycles. The summed E-state index contributed by atoms with van der Waals surface area (Å²) in [5, 5.41) is 7.22. The third-order valence-corrected chi connectivity index (χ3v) is 8.25. The summed E-state index contributed by atoms with van der Waals surface area (Å²) in [6.45, 7) is 7.57. The Kier molecular flexibility index (Phi) is 6.07. The molecule has 9 heteroatoms. The molecular formula is C25H28N4O4S. The van der Waals surface area contributed by atoms with Crippen LogP contribution in [-0.2, 0) is 21.2 Å². The van der Waals surface area contributed by atoms with Gasteiger partial charge in [-0.05, 0) is 67.6 Å². The monoisotopic (exact) mass is 480 g/mol. The zero-order valence-electron chi connectivity index (χ0n) is 20.0. The molecule has 0 bridgehead atoms. The van der Waals surface area contributed by atoms with Crippen LogP contribution in [0.4, 0.5) is 11.5 Å². The van der Waals surface area contributed by atoms with Gasteiger partial charge in [0.1, 0.15) is 5.82 Å². The number of nitrogens with one attached hydrogen (secondary N) is 1. The summed E-state index contributed by atoms with van der Waals surface area (Å²) >= 11 is 0. The van der Waals surface area contributed by atoms with Crippen LogP contribution in [0.25, 0.3) is 11.1 Å². The number of aryl methyl sites for hydroxylation is 4. The van der Waals surface area contributed by atoms with E-state index in [1.165, 1.54) is 16.0 Å². The normalized spacial score (nSPS) is 13.9. The number of hydrogen-bond acceptors (Lipinski definition) is 5. The van der Waals surface area contributed by atoms with E-state index in [-0.39, 0.29) is 29.6 Å². The molecule has 1 aliphatic rings. The second-order valence-corrected chi connectivity index (χ2v) is 10.5. The fraction of sp³-hybridized carbons (Fsp3) is 0.320. The van der Waals surface area contributed by atoms with Gasteiger partial charge in [0.25, 0.3) is 10.0 Å². The molecule has 1 aromatic heterocycles. The largest absolute Gasteiger partial charge is 0.310 e. The number of benzene rings is 2. The maximum absolute atomic E-state index is 13.7. The molecule has 0 atom stereocenters. The zero-order chi connectivity index (χ0) is 24.8. The van der Waals surface area contributed by atoms with E-state index in [0.717, 1.165) is 11.1 Å². The lowest BCUT2D eigenvalue weighted by atomic mass is 10.0. The van der Waals surface area contributed by atoms with Crippen LogP contribution >= 0.6 is 0 Å². The lowest BCUT2D eigenvalue weighted by Gasteiger charge is -2.22. The lowest BCUT2D eigenvalue weighted by molar-refractivity contribution is -0.116. The van der Waals surface area contributed by atoms with Crippen molar-refractivity contribution in [2.75, 3.05) is 16.7 Å². The van der Waals surface area contributed by atoms with Crippen LogP contribution in [0.2, 0.25) is 0 Å². The van der Waals surface area contributed by atoms with E-state index in [2.05, 4.69) is 10.4 Å². The van der Waals surface area contributed by atoms with Crippen molar-refractivity contribution >= 4 is 33.3 Å². The smallest absolute Gasteiger partial charge is 0.264 e. The third kappa shape index (κ3) is 4.00. The minimum absolute atomic E-state index is 0.0669. The Morgan fingerprint density at radius 3 is 2.38 bits per heavy atom. The first-order valence-corrected chi connectivity index (χ1v) is 12.6. The van der Waals surface area contributed by atoms with Crippen molar-refractivity contribution in [1.82, 2.24) is 9.78 Å². The number of carbonyl (C=O) groups is 2. The highest BCUT2D eigenvalue weighted by Gasteiger charge is 2.29. The maximum atomic E-state index is 13.7. The number of nitrogens with zero attached hydrogens (tertiary/aromatic N) is 3. The van der Waals surface area contributed by atoms with E-state index in [1.807, 2.05) is 32.9 Å². The molecule has 2 heterocycles. The van der Waals surface area contributed by atoms with Gasteiger partial charge >= 0.3 is 0 Å². The predicted molar refractivity (Wildman–Crippen MR) is 132 cm³/mol. The highest BCUT2D eigenvalue weighted by atomic mass is 32.2. The highest BCUT2D eigenvalue weighted by molar-refractivity contribution is 7.92. The molecule has 1 amide bonds. The standard InChI is InChI=1S/C25H28N4O4S/c1-6-20-24(25-26-22(30)11-12-23(31)29(25)27-20)18-9-7-16(3)21(14-18)34(32,33)28(5)19-10-8-15(2)17(4)13-19/h7-10,13-14H,6,11-12H2,1-5H3,(H,26,30). The molecule has 3 aromatic rings. The van der Waals surface area contributed by atoms with Gasteiger partial charge < -0.3 is 5.32 Å². The fourth-order valence-electron chi connectivity index (χ4n) is 4.07. The van der Waals surface area contributed by atoms with Crippen LogP contribution in [0.15, 0.2) is 41.3 Å². The summed E-state index contributed by atoms with van der Waals surface area (Å²) in [6, 6.07) is 10.7. The van der Waals surface area contributed by atoms with Crippen molar-refractivity contribution in [1.29, 1.82) is 0 Å². The van der Waals surface area contributed by atoms with Crippen molar-refractivity contribution in [3.05, 3.63) is 58.8 Å². The average molecular weight is 481 g/mol. The van der Waals surface area contributed by atoms with Crippen LogP contribution in [0.3, 0.4) is 0 Å². The van der Waals surface area contributed by atoms with E-state index >= 15 is 0 Å². The second kappa shape index (κ2) is 8.72. The van der Waals surface area contributed by atoms with Gasteiger partial charge in [-0.2, -0.15) is 9.78 Å². The number of aromatic nitrogens is 2. The lowest BCUT2D eigenvalue weighted by Crippen LogP contribution is -2.27. The SMILES string of the molecule is CCc1nn2c(c1-c1ccc(C)c(S(=O)(=O)N(C)c3ccc(C)c(C)c3)c1)NC(=O)CCC2=O. The first kappa shape index (κ1) is 23.7. The summed E-state index contributed by atoms with van der Waals surface area (Å²) in [6.07, 6.45) is 0.658. The Morgan fingerprint density at radius 2 is 1.71 bits per heavy atom. The van der Waals surface area contributed by atoms with Crippen molar-refractivity contribution in [2.45, 2.75) is 51.9 Å². The van der Waals surface area contributed by atoms with Gasteiger partial charge in [-0.3, -0.25) is 13.9 Å². The van der Waals surface area contributed by atoms with Gasteiger partial charge in [0.15, 0.2) is 0 Å². The number of carbonyl (C=O) groups excluding carboxylic acids is 2. The van der Waals surface area contributed by atoms with E-state index < -0.39 is 10.0 Å². The molecule has 1 N–H and O–H groups in total. The highest BCUT2D eigenvalue weighted by Crippen LogP contribution is 2.36. The Morgan fingerprint density at radius 1 is 1.00 bits per heavy atom. The van der Waals surface area contributed by atoms with E-state index in [9.17, 15) is 18.0 Å². The van der Waals surface area contributed by atoms with Gasteiger partial charge in [0.05, 0.1) is 16.3 Å². The first-order valence-electron chi connectivity index (χ1n) is 11.2. The number of hydrogen-bond donors (Lipinski definition) is 1. The van der Waals surface area contributed by atoms with Crippen molar-refractivity contribution in [2.24, 2.45) is 0 Å². The van der Waals surface area contributed by atoms with Crippen LogP contribution in [0, 0.1) is 20.8 Å². The quantitative estimate of drug-likeness (QED) is 0.589. The number of sulfonamides is 1. The molecule has 0 spiro atoms. The predicted octanol–water partition coefficient (Wildman–Crippen LogP) is 4.24. The minimum atomic E-state index is -3.88. The zero-order valence-corrected chi connectivity index (χ0v) is 20.8. The molecule has 0 radical (unpaired) electrons. The van der Waals surface area contributed by atoms with Gasteiger partial charge in [0, 0.05) is 25.5 Å². The van der Waals surface area contributed by atoms with Gasteiger partial charge in [0.2, 0.25) is 11.8 Å². The Labute approximate surface area is 199 Å². The van der Waals surface area contributed by atoms with Gasteiger partial charge in [-0.1, -0.05) is 25.1 Å². The van der Waals surface area contributed by atoms with Gasteiger partial charge in [-0.15, -0.1) is 0 Å². The van der Waals surface area contributed by atoms with Crippen molar-refractivity contribution < 1.29 is 18.0 Å². The summed E-state index contributed by atoms with van der Waals surface area (Å²) in [4.78, 5) is 24.9. The topological polar surface area (TPSA) is 101 Å². The first-order chi connectivity index (χ1) is 16.0. The summed E-state index contributed by atoms with van der Waals surface area (Å²) in [5.74, 6) is -0.256. The number of rotatable bonds is 5. The molecule has 2 aromatic carbocycles. The summed E-state index contributed by atoms with van der Waals surface area (Å²) in [7, 11) is -2.35. The molecule has 0 saturated carbocycles. The van der Waals surface area contributed by atoms with Crippen LogP contribution in [-0.4, -0.2) is 37.1 Å². The Hall–Kier alpha value is -3.46. The van der Waals surface area contributed by atoms with Gasteiger partial charge in [-0.25, -0.2) is 8.42 Å². The summed E-state index contributed by atoms with van der Waals surface area (Å²) in [5.41, 5.74) is 5.00. The molecule has 0 unspecified atom stereocenters. The van der Waals surface area contributed by atoms with E-state index in [1.54, 1.807) is 31.2 Å². The molecular weight excluding hydrogens is 452 g/mol. The molecule has 8 nitrogen and oxygen atoms in total. The molecule has 178 valence electrons. The molecule has 4 rings (SSSR count). The average Bonchev–Trinajstić information content (AvgIpc) is 3.10. The molecule has 1 aliphatic heterocycles. The molecule has 0 aliphatic carbocycles. The van der Waals surface area contributed by atoms with E-state index in [0.29, 0.717) is 40.3 Å². The van der Waals surface area contributed by atoms with Crippen molar-refractivity contribution in [3.8, 4) is 11.1 Å². The van der Waals surface area contributed by atoms with Crippen molar-refractivity contribution in [3.63, 3.8) is 0 Å².